The molecule has 2 heteroatoms. The molecular formula is C8H16N2. The van der Waals surface area contributed by atoms with Gasteiger partial charge in [0.1, 0.15) is 0 Å². The van der Waals surface area contributed by atoms with Gasteiger partial charge in [0.25, 0.3) is 0 Å². The van der Waals surface area contributed by atoms with E-state index in [1.165, 1.54) is 19.5 Å². The first-order chi connectivity index (χ1) is 4.76. The van der Waals surface area contributed by atoms with E-state index in [9.17, 15) is 0 Å². The van der Waals surface area contributed by atoms with Crippen molar-refractivity contribution >= 4 is 0 Å². The molecule has 10 heavy (non-hydrogen) atoms. The highest BCUT2D eigenvalue weighted by molar-refractivity contribution is 5.07. The lowest BCUT2D eigenvalue weighted by atomic mass is 9.60. The first-order valence-electron chi connectivity index (χ1n) is 4.14. The van der Waals surface area contributed by atoms with Gasteiger partial charge in [-0.3, -0.25) is 0 Å². The van der Waals surface area contributed by atoms with E-state index in [-0.39, 0.29) is 0 Å². The Labute approximate surface area is 62.4 Å². The van der Waals surface area contributed by atoms with Gasteiger partial charge in [0.15, 0.2) is 0 Å². The number of hydrogen-bond acceptors (Lipinski definition) is 2. The SMILES string of the molecule is CN[C@H]1C[C@@]2(C)CNC[C@@H]12. The fourth-order valence-electron chi connectivity index (χ4n) is 2.53. The molecule has 0 bridgehead atoms. The van der Waals surface area contributed by atoms with Crippen LogP contribution in [0.1, 0.15) is 13.3 Å². The molecule has 0 aromatic carbocycles. The largest absolute Gasteiger partial charge is 0.317 e. The van der Waals surface area contributed by atoms with Crippen LogP contribution in [-0.2, 0) is 0 Å². The van der Waals surface area contributed by atoms with Gasteiger partial charge in [-0.05, 0) is 24.8 Å². The van der Waals surface area contributed by atoms with E-state index in [0.29, 0.717) is 5.41 Å². The molecule has 3 atom stereocenters. The molecule has 1 heterocycles. The molecule has 1 aliphatic heterocycles. The molecule has 2 nitrogen and oxygen atoms in total. The smallest absolute Gasteiger partial charge is 0.0116 e. The second kappa shape index (κ2) is 1.95. The van der Waals surface area contributed by atoms with Gasteiger partial charge in [-0.15, -0.1) is 0 Å². The Bertz CT molecular complexity index is 146. The van der Waals surface area contributed by atoms with Crippen molar-refractivity contribution in [2.24, 2.45) is 11.3 Å². The third-order valence-corrected chi connectivity index (χ3v) is 3.33. The molecule has 0 aromatic rings. The van der Waals surface area contributed by atoms with Gasteiger partial charge in [0.2, 0.25) is 0 Å². The minimum Gasteiger partial charge on any atom is -0.317 e. The molecule has 2 N–H and O–H groups in total. The summed E-state index contributed by atoms with van der Waals surface area (Å²) in [4.78, 5) is 0. The van der Waals surface area contributed by atoms with Crippen molar-refractivity contribution in [1.29, 1.82) is 0 Å². The molecule has 1 saturated heterocycles. The van der Waals surface area contributed by atoms with Crippen LogP contribution in [0.5, 0.6) is 0 Å². The Morgan fingerprint density at radius 1 is 1.60 bits per heavy atom. The molecule has 2 aliphatic rings. The van der Waals surface area contributed by atoms with Crippen LogP contribution in [0.25, 0.3) is 0 Å². The van der Waals surface area contributed by atoms with Gasteiger partial charge in [-0.25, -0.2) is 0 Å². The van der Waals surface area contributed by atoms with Crippen LogP contribution in [-0.4, -0.2) is 26.2 Å². The summed E-state index contributed by atoms with van der Waals surface area (Å²) >= 11 is 0. The first-order valence-corrected chi connectivity index (χ1v) is 4.14. The zero-order valence-corrected chi connectivity index (χ0v) is 6.78. The molecule has 2 fully saturated rings. The highest BCUT2D eigenvalue weighted by atomic mass is 15.0. The summed E-state index contributed by atoms with van der Waals surface area (Å²) in [6.45, 7) is 4.85. The minimum atomic E-state index is 0.633. The van der Waals surface area contributed by atoms with Crippen LogP contribution >= 0.6 is 0 Å². The van der Waals surface area contributed by atoms with Crippen molar-refractivity contribution in [2.75, 3.05) is 20.1 Å². The zero-order chi connectivity index (χ0) is 7.19. The Balaban J connectivity index is 2.04. The van der Waals surface area contributed by atoms with Crippen molar-refractivity contribution in [3.63, 3.8) is 0 Å². The summed E-state index contributed by atoms with van der Waals surface area (Å²) < 4.78 is 0. The van der Waals surface area contributed by atoms with Gasteiger partial charge in [-0.2, -0.15) is 0 Å². The monoisotopic (exact) mass is 140 g/mol. The maximum atomic E-state index is 3.45. The first kappa shape index (κ1) is 6.62. The van der Waals surface area contributed by atoms with Crippen LogP contribution < -0.4 is 10.6 Å². The molecule has 1 aliphatic carbocycles. The van der Waals surface area contributed by atoms with Crippen molar-refractivity contribution in [3.05, 3.63) is 0 Å². The van der Waals surface area contributed by atoms with Gasteiger partial charge in [-0.1, -0.05) is 6.92 Å². The summed E-state index contributed by atoms with van der Waals surface area (Å²) in [5, 5.41) is 6.81. The summed E-state index contributed by atoms with van der Waals surface area (Å²) in [6, 6.07) is 0.792. The van der Waals surface area contributed by atoms with Crippen molar-refractivity contribution in [1.82, 2.24) is 10.6 Å². The van der Waals surface area contributed by atoms with Gasteiger partial charge >= 0.3 is 0 Å². The molecule has 0 aromatic heterocycles. The summed E-state index contributed by atoms with van der Waals surface area (Å²) in [5.41, 5.74) is 0.633. The predicted molar refractivity (Wildman–Crippen MR) is 41.9 cm³/mol. The fraction of sp³-hybridized carbons (Fsp3) is 1.00. The second-order valence-electron chi connectivity index (χ2n) is 3.99. The minimum absolute atomic E-state index is 0.633. The number of hydrogen-bond donors (Lipinski definition) is 2. The topological polar surface area (TPSA) is 24.1 Å². The summed E-state index contributed by atoms with van der Waals surface area (Å²) in [6.07, 6.45) is 1.36. The normalized spacial score (nSPS) is 52.2. The standard InChI is InChI=1S/C8H16N2/c1-8-3-7(9-2)6(8)4-10-5-8/h6-7,9-10H,3-5H2,1-2H3/t6-,7-,8-/m0/s1. The lowest BCUT2D eigenvalue weighted by Crippen LogP contribution is -2.54. The lowest BCUT2D eigenvalue weighted by Gasteiger charge is -2.48. The molecule has 58 valence electrons. The molecule has 0 amide bonds. The van der Waals surface area contributed by atoms with Gasteiger partial charge < -0.3 is 10.6 Å². The number of fused-ring (bicyclic) bond motifs is 1. The molecule has 0 spiro atoms. The molecule has 1 saturated carbocycles. The van der Waals surface area contributed by atoms with Crippen LogP contribution in [0.3, 0.4) is 0 Å². The van der Waals surface area contributed by atoms with Crippen LogP contribution in [0.2, 0.25) is 0 Å². The maximum Gasteiger partial charge on any atom is 0.0116 e. The molecule has 2 rings (SSSR count). The third kappa shape index (κ3) is 0.663. The van der Waals surface area contributed by atoms with E-state index < -0.39 is 0 Å². The van der Waals surface area contributed by atoms with Crippen molar-refractivity contribution < 1.29 is 0 Å². The third-order valence-electron chi connectivity index (χ3n) is 3.33. The quantitative estimate of drug-likeness (QED) is 0.544. The molecule has 0 radical (unpaired) electrons. The maximum absolute atomic E-state index is 3.45. The Morgan fingerprint density at radius 3 is 3.00 bits per heavy atom. The lowest BCUT2D eigenvalue weighted by molar-refractivity contribution is 0.0576. The Hall–Kier alpha value is -0.0800. The van der Waals surface area contributed by atoms with E-state index in [2.05, 4.69) is 24.6 Å². The Morgan fingerprint density at radius 2 is 2.40 bits per heavy atom. The predicted octanol–water partition coefficient (Wildman–Crippen LogP) is 0.204. The van der Waals surface area contributed by atoms with E-state index in [1.807, 2.05) is 0 Å². The highest BCUT2D eigenvalue weighted by Gasteiger charge is 2.52. The van der Waals surface area contributed by atoms with Gasteiger partial charge in [0.05, 0.1) is 0 Å². The van der Waals surface area contributed by atoms with Crippen molar-refractivity contribution in [2.45, 2.75) is 19.4 Å². The zero-order valence-electron chi connectivity index (χ0n) is 6.78. The molecular weight excluding hydrogens is 124 g/mol. The van der Waals surface area contributed by atoms with E-state index in [0.717, 1.165) is 12.0 Å². The van der Waals surface area contributed by atoms with E-state index in [4.69, 9.17) is 0 Å². The highest BCUT2D eigenvalue weighted by Crippen LogP contribution is 2.48. The fourth-order valence-corrected chi connectivity index (χ4v) is 2.53. The van der Waals surface area contributed by atoms with Crippen molar-refractivity contribution in [3.8, 4) is 0 Å². The summed E-state index contributed by atoms with van der Waals surface area (Å²) in [5.74, 6) is 0.900. The second-order valence-corrected chi connectivity index (χ2v) is 3.99. The van der Waals surface area contributed by atoms with E-state index in [1.54, 1.807) is 0 Å². The number of rotatable bonds is 1. The van der Waals surface area contributed by atoms with Crippen LogP contribution in [0.15, 0.2) is 0 Å². The van der Waals surface area contributed by atoms with Crippen LogP contribution in [0, 0.1) is 11.3 Å². The van der Waals surface area contributed by atoms with Gasteiger partial charge in [0, 0.05) is 19.1 Å². The average molecular weight is 140 g/mol. The summed E-state index contributed by atoms with van der Waals surface area (Å²) in [7, 11) is 2.07. The average Bonchev–Trinajstić information content (AvgIpc) is 2.16. The molecule has 0 unspecified atom stereocenters. The van der Waals surface area contributed by atoms with E-state index >= 15 is 0 Å². The Kier molecular flexibility index (Phi) is 1.29. The number of nitrogens with one attached hydrogen (secondary N) is 2. The van der Waals surface area contributed by atoms with Crippen LogP contribution in [0.4, 0.5) is 0 Å².